The molecule has 1 aliphatic carbocycles. The molecular weight excluding hydrogens is 246 g/mol. The Bertz CT molecular complexity index is 315. The van der Waals surface area contributed by atoms with Crippen LogP contribution in [-0.4, -0.2) is 29.8 Å². The average Bonchev–Trinajstić information content (AvgIpc) is 2.31. The molecule has 1 amide bonds. The summed E-state index contributed by atoms with van der Waals surface area (Å²) in [7, 11) is 0. The number of ether oxygens (including phenoxy) is 1. The van der Waals surface area contributed by atoms with E-state index in [9.17, 15) is 9.59 Å². The minimum Gasteiger partial charge on any atom is -0.481 e. The maximum absolute atomic E-state index is 11.5. The predicted molar refractivity (Wildman–Crippen MR) is 72.0 cm³/mol. The Morgan fingerprint density at radius 3 is 2.79 bits per heavy atom. The van der Waals surface area contributed by atoms with E-state index >= 15 is 0 Å². The van der Waals surface area contributed by atoms with Gasteiger partial charge in [-0.3, -0.25) is 4.79 Å². The Morgan fingerprint density at radius 2 is 2.00 bits per heavy atom. The van der Waals surface area contributed by atoms with Crippen LogP contribution in [0.5, 0.6) is 0 Å². The summed E-state index contributed by atoms with van der Waals surface area (Å²) in [6.45, 7) is 0.471. The van der Waals surface area contributed by atoms with Gasteiger partial charge < -0.3 is 15.2 Å². The van der Waals surface area contributed by atoms with Crippen molar-refractivity contribution in [3.8, 4) is 0 Å². The lowest BCUT2D eigenvalue weighted by atomic mass is 10.0. The number of alkyl carbamates (subject to hydrolysis) is 1. The summed E-state index contributed by atoms with van der Waals surface area (Å²) < 4.78 is 5.35. The van der Waals surface area contributed by atoms with Crippen molar-refractivity contribution >= 4 is 12.1 Å². The van der Waals surface area contributed by atoms with Crippen molar-refractivity contribution in [3.05, 3.63) is 12.2 Å². The smallest absolute Gasteiger partial charge is 0.407 e. The van der Waals surface area contributed by atoms with Crippen molar-refractivity contribution in [2.24, 2.45) is 0 Å². The minimum absolute atomic E-state index is 0.00368. The van der Waals surface area contributed by atoms with Gasteiger partial charge in [0.1, 0.15) is 6.10 Å². The molecule has 108 valence electrons. The molecule has 1 aliphatic rings. The maximum atomic E-state index is 11.5. The van der Waals surface area contributed by atoms with Gasteiger partial charge in [-0.15, -0.1) is 0 Å². The van der Waals surface area contributed by atoms with Crippen LogP contribution in [0.1, 0.15) is 51.4 Å². The maximum Gasteiger partial charge on any atom is 0.407 e. The number of carboxylic acids is 1. The van der Waals surface area contributed by atoms with Gasteiger partial charge in [0.2, 0.25) is 0 Å². The molecule has 0 saturated carbocycles. The number of hydrogen-bond donors (Lipinski definition) is 2. The molecule has 5 nitrogen and oxygen atoms in total. The highest BCUT2D eigenvalue weighted by molar-refractivity contribution is 5.67. The summed E-state index contributed by atoms with van der Waals surface area (Å²) in [5, 5.41) is 11.1. The van der Waals surface area contributed by atoms with Crippen molar-refractivity contribution in [1.82, 2.24) is 5.32 Å². The van der Waals surface area contributed by atoms with Crippen molar-refractivity contribution in [2.45, 2.75) is 57.5 Å². The van der Waals surface area contributed by atoms with Crippen LogP contribution in [0.15, 0.2) is 12.2 Å². The number of carbonyl (C=O) groups is 2. The third kappa shape index (κ3) is 8.24. The summed E-state index contributed by atoms with van der Waals surface area (Å²) in [5.74, 6) is -0.801. The fraction of sp³-hybridized carbons (Fsp3) is 0.714. The van der Waals surface area contributed by atoms with E-state index in [0.29, 0.717) is 19.4 Å². The standard InChI is InChI=1S/C14H23NO4/c16-13(17)10-6-7-11-15-14(18)19-12-8-4-2-1-3-5-9-12/h1-2,12H,3-11H2,(H,15,18)(H,16,17)/b2-1+. The highest BCUT2D eigenvalue weighted by Crippen LogP contribution is 2.15. The first-order valence-corrected chi connectivity index (χ1v) is 7.00. The third-order valence-electron chi connectivity index (χ3n) is 3.08. The second-order valence-corrected chi connectivity index (χ2v) is 4.78. The van der Waals surface area contributed by atoms with E-state index in [-0.39, 0.29) is 18.6 Å². The molecule has 2 N–H and O–H groups in total. The van der Waals surface area contributed by atoms with Gasteiger partial charge in [-0.25, -0.2) is 4.79 Å². The summed E-state index contributed by atoms with van der Waals surface area (Å²) in [6, 6.07) is 0. The highest BCUT2D eigenvalue weighted by atomic mass is 16.6. The van der Waals surface area contributed by atoms with E-state index < -0.39 is 5.97 Å². The fourth-order valence-corrected chi connectivity index (χ4v) is 2.03. The minimum atomic E-state index is -0.801. The molecule has 0 saturated heterocycles. The third-order valence-corrected chi connectivity index (χ3v) is 3.08. The molecular formula is C14H23NO4. The van der Waals surface area contributed by atoms with E-state index in [1.807, 2.05) is 0 Å². The largest absolute Gasteiger partial charge is 0.481 e. The number of allylic oxidation sites excluding steroid dienone is 2. The molecule has 0 radical (unpaired) electrons. The van der Waals surface area contributed by atoms with Crippen LogP contribution in [0.4, 0.5) is 4.79 Å². The number of nitrogens with one attached hydrogen (secondary N) is 1. The average molecular weight is 269 g/mol. The molecule has 0 aromatic rings. The number of unbranched alkanes of at least 4 members (excludes halogenated alkanes) is 1. The molecule has 1 rings (SSSR count). The Kier molecular flexibility index (Phi) is 7.70. The SMILES string of the molecule is O=C(O)CCCCNC(=O)OC1CC/C=C/CCC1. The van der Waals surface area contributed by atoms with E-state index in [4.69, 9.17) is 9.84 Å². The molecule has 0 fully saturated rings. The van der Waals surface area contributed by atoms with E-state index in [2.05, 4.69) is 17.5 Å². The van der Waals surface area contributed by atoms with Crippen LogP contribution in [-0.2, 0) is 9.53 Å². The topological polar surface area (TPSA) is 75.6 Å². The number of aliphatic carboxylic acids is 1. The molecule has 0 aromatic carbocycles. The van der Waals surface area contributed by atoms with Crippen molar-refractivity contribution in [2.75, 3.05) is 6.54 Å². The van der Waals surface area contributed by atoms with Crippen LogP contribution in [0.3, 0.4) is 0 Å². The number of amides is 1. The van der Waals surface area contributed by atoms with E-state index in [0.717, 1.165) is 32.1 Å². The summed E-state index contributed by atoms with van der Waals surface area (Å²) in [6.07, 6.45) is 10.2. The van der Waals surface area contributed by atoms with Crippen molar-refractivity contribution in [1.29, 1.82) is 0 Å². The lowest BCUT2D eigenvalue weighted by Crippen LogP contribution is -2.30. The number of rotatable bonds is 6. The lowest BCUT2D eigenvalue weighted by molar-refractivity contribution is -0.137. The number of carboxylic acid groups (broad SMARTS) is 1. The molecule has 0 heterocycles. The van der Waals surface area contributed by atoms with Gasteiger partial charge in [-0.1, -0.05) is 12.2 Å². The molecule has 0 aliphatic heterocycles. The molecule has 19 heavy (non-hydrogen) atoms. The normalized spacial score (nSPS) is 20.9. The Labute approximate surface area is 114 Å². The van der Waals surface area contributed by atoms with Crippen LogP contribution in [0, 0.1) is 0 Å². The van der Waals surface area contributed by atoms with Gasteiger partial charge >= 0.3 is 12.1 Å². The lowest BCUT2D eigenvalue weighted by Gasteiger charge is -2.18. The zero-order chi connectivity index (χ0) is 13.9. The van der Waals surface area contributed by atoms with Crippen LogP contribution >= 0.6 is 0 Å². The fourth-order valence-electron chi connectivity index (χ4n) is 2.03. The van der Waals surface area contributed by atoms with Gasteiger partial charge in [-0.05, 0) is 44.9 Å². The second-order valence-electron chi connectivity index (χ2n) is 4.78. The Balaban J connectivity index is 2.09. The predicted octanol–water partition coefficient (Wildman–Crippen LogP) is 2.86. The van der Waals surface area contributed by atoms with Crippen LogP contribution in [0.25, 0.3) is 0 Å². The molecule has 1 unspecified atom stereocenters. The zero-order valence-corrected chi connectivity index (χ0v) is 11.3. The molecule has 1 atom stereocenters. The molecule has 5 heteroatoms. The Hall–Kier alpha value is -1.52. The molecule has 0 bridgehead atoms. The monoisotopic (exact) mass is 269 g/mol. The molecule has 0 spiro atoms. The number of carbonyl (C=O) groups excluding carboxylic acids is 1. The summed E-state index contributed by atoms with van der Waals surface area (Å²) in [5.41, 5.74) is 0. The van der Waals surface area contributed by atoms with Gasteiger partial charge in [0.15, 0.2) is 0 Å². The summed E-state index contributed by atoms with van der Waals surface area (Å²) >= 11 is 0. The zero-order valence-electron chi connectivity index (χ0n) is 11.3. The van der Waals surface area contributed by atoms with Crippen LogP contribution < -0.4 is 5.32 Å². The van der Waals surface area contributed by atoms with Crippen molar-refractivity contribution < 1.29 is 19.4 Å². The first-order valence-electron chi connectivity index (χ1n) is 7.00. The van der Waals surface area contributed by atoms with E-state index in [1.54, 1.807) is 0 Å². The first kappa shape index (κ1) is 15.5. The second kappa shape index (κ2) is 9.42. The summed E-state index contributed by atoms with van der Waals surface area (Å²) in [4.78, 5) is 21.8. The highest BCUT2D eigenvalue weighted by Gasteiger charge is 2.14. The van der Waals surface area contributed by atoms with Gasteiger partial charge in [0.05, 0.1) is 0 Å². The number of hydrogen-bond acceptors (Lipinski definition) is 3. The van der Waals surface area contributed by atoms with E-state index in [1.165, 1.54) is 0 Å². The van der Waals surface area contributed by atoms with Gasteiger partial charge in [0, 0.05) is 13.0 Å². The van der Waals surface area contributed by atoms with Crippen molar-refractivity contribution in [3.63, 3.8) is 0 Å². The van der Waals surface area contributed by atoms with Gasteiger partial charge in [-0.2, -0.15) is 0 Å². The first-order chi connectivity index (χ1) is 9.18. The molecule has 0 aromatic heterocycles. The Morgan fingerprint density at radius 1 is 1.21 bits per heavy atom. The quantitative estimate of drug-likeness (QED) is 0.574. The van der Waals surface area contributed by atoms with Gasteiger partial charge in [0.25, 0.3) is 0 Å². The van der Waals surface area contributed by atoms with Crippen LogP contribution in [0.2, 0.25) is 0 Å².